The van der Waals surface area contributed by atoms with Gasteiger partial charge in [-0.15, -0.1) is 0 Å². The zero-order valence-electron chi connectivity index (χ0n) is 47.9. The van der Waals surface area contributed by atoms with E-state index < -0.39 is 236 Å². The normalized spacial score (nSPS) is 20.5. The van der Waals surface area contributed by atoms with E-state index in [-0.39, 0.29) is 0 Å². The molecule has 0 unspecified atom stereocenters. The third-order valence-corrected chi connectivity index (χ3v) is 6.13. The van der Waals surface area contributed by atoms with Gasteiger partial charge in [0.2, 0.25) is 0 Å². The maximum atomic E-state index is 9.57. The second-order valence-corrected chi connectivity index (χ2v) is 8.52. The molecule has 0 saturated carbocycles. The number of benzene rings is 7. The van der Waals surface area contributed by atoms with E-state index in [1.807, 2.05) is 0 Å². The summed E-state index contributed by atoms with van der Waals surface area (Å²) in [6.07, 6.45) is 0. The highest BCUT2D eigenvalue weighted by Gasteiger charge is 2.24. The van der Waals surface area contributed by atoms with Crippen molar-refractivity contribution >= 4 is 27.8 Å². The standard InChI is InChI=1S/C40H27NO/c1-4-12-28(13-5-1)30-16-10-19-33(26-30)41(32-17-8-3-9-18-32)37-24-25-38-40-35(20-11-21-36(37)40)34-23-22-31(27-39(34)42-38)29-14-6-2-7-15-29/h1-27H/i1D,2D,3D,4D,5D,6D,7D,8D,9D,10D,11D,12D,13D,14D,15D,16D,17D,18D,19D,20D,21D,22D,23D,24D,25D,26D,27D. The predicted molar refractivity (Wildman–Crippen MR) is 175 cm³/mol. The molecule has 42 heavy (non-hydrogen) atoms. The van der Waals surface area contributed by atoms with Gasteiger partial charge < -0.3 is 9.64 Å². The van der Waals surface area contributed by atoms with E-state index in [1.54, 1.807) is 0 Å². The van der Waals surface area contributed by atoms with Gasteiger partial charge in [-0.2, -0.15) is 0 Å². The van der Waals surface area contributed by atoms with E-state index >= 15 is 0 Å². The van der Waals surface area contributed by atoms with Gasteiger partial charge in [0, 0.05) is 27.7 Å². The van der Waals surface area contributed by atoms with Crippen molar-refractivity contribution in [2.75, 3.05) is 4.90 Å². The SMILES string of the molecule is [2H]c1c([2H])c([2H])c(-c2c([2H])c([2H])c3c(c2[2H])Oc2c([2H])c([2H])c(N(c4c([2H])c([2H])c([2H])c([2H])c4[2H])c4c([2H])c([2H])c([2H])c(-c5c([2H])c([2H])c([2H])c([2H])c5[2H])c4[2H])c4c([2H])c([2H])c([2H])c-3c24)c([2H])c1[2H]. The molecule has 2 nitrogen and oxygen atoms in total. The highest BCUT2D eigenvalue weighted by Crippen LogP contribution is 2.51. The molecular weight excluding hydrogens is 510 g/mol. The van der Waals surface area contributed by atoms with Gasteiger partial charge in [-0.05, 0) is 76.2 Å². The first-order valence-corrected chi connectivity index (χ1v) is 12.1. The van der Waals surface area contributed by atoms with Crippen LogP contribution >= 0.6 is 0 Å². The number of hydrogen-bond acceptors (Lipinski definition) is 2. The average Bonchev–Trinajstić information content (AvgIpc) is 3.32. The summed E-state index contributed by atoms with van der Waals surface area (Å²) in [4.78, 5) is 0.440. The second kappa shape index (κ2) is 10.1. The number of ether oxygens (including phenoxy) is 1. The molecule has 1 aliphatic rings. The Morgan fingerprint density at radius 3 is 1.79 bits per heavy atom. The zero-order chi connectivity index (χ0) is 51.4. The lowest BCUT2D eigenvalue weighted by atomic mass is 9.92. The molecule has 0 spiro atoms. The van der Waals surface area contributed by atoms with Gasteiger partial charge in [0.15, 0.2) is 0 Å². The number of nitrogens with zero attached hydrogens (tertiary/aromatic N) is 1. The molecule has 8 rings (SSSR count). The maximum absolute atomic E-state index is 9.57. The van der Waals surface area contributed by atoms with Crippen molar-refractivity contribution in [3.63, 3.8) is 0 Å². The molecule has 2 heteroatoms. The molecular formula is C40H27NO. The van der Waals surface area contributed by atoms with Gasteiger partial charge in [0.25, 0.3) is 0 Å². The molecule has 0 radical (unpaired) electrons. The summed E-state index contributed by atoms with van der Waals surface area (Å²) in [5.74, 6) is -1.53. The summed E-state index contributed by atoms with van der Waals surface area (Å²) >= 11 is 0. The Hall–Kier alpha value is -5.60. The quantitative estimate of drug-likeness (QED) is 0.206. The highest BCUT2D eigenvalue weighted by molar-refractivity contribution is 6.11. The molecule has 0 aromatic heterocycles. The van der Waals surface area contributed by atoms with E-state index in [0.29, 0.717) is 4.90 Å². The number of fused-ring (bicyclic) bond motifs is 2. The predicted octanol–water partition coefficient (Wildman–Crippen LogP) is 11.4. The van der Waals surface area contributed by atoms with Crippen LogP contribution < -0.4 is 9.64 Å². The van der Waals surface area contributed by atoms with Crippen LogP contribution in [0, 0.1) is 0 Å². The Morgan fingerprint density at radius 2 is 1.05 bits per heavy atom. The van der Waals surface area contributed by atoms with Crippen LogP contribution in [0.1, 0.15) is 37.0 Å². The molecule has 0 saturated heterocycles. The summed E-state index contributed by atoms with van der Waals surface area (Å²) < 4.78 is 244. The van der Waals surface area contributed by atoms with Gasteiger partial charge in [0.1, 0.15) is 11.5 Å². The summed E-state index contributed by atoms with van der Waals surface area (Å²) in [6, 6.07) is -26.7. The summed E-state index contributed by atoms with van der Waals surface area (Å²) in [5, 5.41) is -1.37. The van der Waals surface area contributed by atoms with E-state index in [9.17, 15) is 9.60 Å². The number of para-hydroxylation sites is 1. The summed E-state index contributed by atoms with van der Waals surface area (Å²) in [6.45, 7) is 0. The smallest absolute Gasteiger partial charge is 0.136 e. The molecule has 0 N–H and O–H groups in total. The van der Waals surface area contributed by atoms with Crippen molar-refractivity contribution in [3.8, 4) is 44.9 Å². The van der Waals surface area contributed by atoms with Crippen LogP contribution in [0.5, 0.6) is 11.5 Å². The first-order chi connectivity index (χ1) is 32.1. The second-order valence-electron chi connectivity index (χ2n) is 8.52. The fourth-order valence-electron chi connectivity index (χ4n) is 4.36. The maximum Gasteiger partial charge on any atom is 0.136 e. The van der Waals surface area contributed by atoms with E-state index in [2.05, 4.69) is 0 Å². The topological polar surface area (TPSA) is 12.5 Å². The molecule has 7 aromatic carbocycles. The van der Waals surface area contributed by atoms with Crippen LogP contribution in [0.4, 0.5) is 17.1 Å². The van der Waals surface area contributed by atoms with Gasteiger partial charge in [-0.3, -0.25) is 0 Å². The lowest BCUT2D eigenvalue weighted by Crippen LogP contribution is -2.11. The van der Waals surface area contributed by atoms with Crippen LogP contribution in [-0.2, 0) is 0 Å². The number of anilines is 3. The van der Waals surface area contributed by atoms with E-state index in [4.69, 9.17) is 32.2 Å². The van der Waals surface area contributed by atoms with Crippen LogP contribution in [-0.4, -0.2) is 0 Å². The first-order valence-electron chi connectivity index (χ1n) is 25.6. The van der Waals surface area contributed by atoms with Crippen molar-refractivity contribution < 1.29 is 41.7 Å². The molecule has 198 valence electrons. The largest absolute Gasteiger partial charge is 0.456 e. The third-order valence-electron chi connectivity index (χ3n) is 6.13. The summed E-state index contributed by atoms with van der Waals surface area (Å²) in [5.41, 5.74) is -7.44. The van der Waals surface area contributed by atoms with Crippen molar-refractivity contribution in [2.24, 2.45) is 0 Å². The van der Waals surface area contributed by atoms with Crippen molar-refractivity contribution in [3.05, 3.63) is 163 Å². The van der Waals surface area contributed by atoms with Crippen LogP contribution in [0.2, 0.25) is 0 Å². The zero-order valence-corrected chi connectivity index (χ0v) is 20.9. The molecule has 1 heterocycles. The Bertz CT molecular complexity index is 3480. The lowest BCUT2D eigenvalue weighted by molar-refractivity contribution is 0.487. The van der Waals surface area contributed by atoms with Gasteiger partial charge in [-0.1, -0.05) is 115 Å². The van der Waals surface area contributed by atoms with Crippen molar-refractivity contribution in [1.82, 2.24) is 0 Å². The highest BCUT2D eigenvalue weighted by atomic mass is 16.5. The Labute approximate surface area is 283 Å². The fourth-order valence-corrected chi connectivity index (χ4v) is 4.36. The minimum Gasteiger partial charge on any atom is -0.456 e. The minimum atomic E-state index is -1.16. The molecule has 0 aliphatic carbocycles. The molecule has 0 amide bonds. The number of hydrogen-bond donors (Lipinski definition) is 0. The van der Waals surface area contributed by atoms with Gasteiger partial charge in [-0.25, -0.2) is 0 Å². The molecule has 1 aliphatic heterocycles. The van der Waals surface area contributed by atoms with Gasteiger partial charge in [0.05, 0.1) is 42.7 Å². The van der Waals surface area contributed by atoms with Crippen LogP contribution in [0.15, 0.2) is 163 Å². The van der Waals surface area contributed by atoms with Crippen molar-refractivity contribution in [1.29, 1.82) is 0 Å². The Kier molecular flexibility index (Phi) is 2.21. The molecule has 0 fully saturated rings. The lowest BCUT2D eigenvalue weighted by Gasteiger charge is -2.29. The third kappa shape index (κ3) is 4.13. The first kappa shape index (κ1) is 9.20. The monoisotopic (exact) mass is 564 g/mol. The number of rotatable bonds is 5. The van der Waals surface area contributed by atoms with Crippen molar-refractivity contribution in [2.45, 2.75) is 0 Å². The molecule has 0 bridgehead atoms. The Morgan fingerprint density at radius 1 is 0.429 bits per heavy atom. The Balaban J connectivity index is 1.61. The van der Waals surface area contributed by atoms with Crippen LogP contribution in [0.3, 0.4) is 0 Å². The van der Waals surface area contributed by atoms with Gasteiger partial charge >= 0.3 is 0 Å². The van der Waals surface area contributed by atoms with E-state index in [0.717, 1.165) is 0 Å². The average molecular weight is 565 g/mol. The molecule has 0 atom stereocenters. The molecule has 7 aromatic rings. The van der Waals surface area contributed by atoms with E-state index in [1.165, 1.54) is 0 Å². The fraction of sp³-hybridized carbons (Fsp3) is 0. The van der Waals surface area contributed by atoms with Crippen LogP contribution in [0.25, 0.3) is 44.2 Å². The minimum absolute atomic E-state index is 0.440. The summed E-state index contributed by atoms with van der Waals surface area (Å²) in [7, 11) is 0.